The molecule has 2 aromatic rings. The maximum Gasteiger partial charge on any atom is 0.222 e. The summed E-state index contributed by atoms with van der Waals surface area (Å²) in [6.07, 6.45) is 5.13. The number of carbonyl (C=O) groups excluding carboxylic acids is 1. The van der Waals surface area contributed by atoms with Crippen LogP contribution in [0.1, 0.15) is 24.2 Å². The number of piperazine rings is 1. The van der Waals surface area contributed by atoms with E-state index < -0.39 is 0 Å². The average Bonchev–Trinajstić information content (AvgIpc) is 3.07. The molecule has 1 amide bonds. The van der Waals surface area contributed by atoms with Gasteiger partial charge in [-0.1, -0.05) is 0 Å². The van der Waals surface area contributed by atoms with Gasteiger partial charge in [-0.2, -0.15) is 5.10 Å². The van der Waals surface area contributed by atoms with E-state index in [1.165, 1.54) is 5.69 Å². The molecule has 0 saturated carbocycles. The van der Waals surface area contributed by atoms with Crippen LogP contribution in [0.4, 0.5) is 5.69 Å². The van der Waals surface area contributed by atoms with Crippen molar-refractivity contribution in [2.24, 2.45) is 0 Å². The van der Waals surface area contributed by atoms with Gasteiger partial charge in [0.2, 0.25) is 5.91 Å². The minimum atomic E-state index is 0.254. The van der Waals surface area contributed by atoms with E-state index in [-0.39, 0.29) is 5.91 Å². The van der Waals surface area contributed by atoms with Crippen LogP contribution in [-0.4, -0.2) is 51.8 Å². The molecule has 0 N–H and O–H groups in total. The van der Waals surface area contributed by atoms with E-state index in [2.05, 4.69) is 27.1 Å². The molecule has 0 unspecified atom stereocenters. The molecular formula is C18H25N5O. The zero-order valence-corrected chi connectivity index (χ0v) is 14.5. The first-order valence-electron chi connectivity index (χ1n) is 8.57. The lowest BCUT2D eigenvalue weighted by atomic mass is 10.2. The second-order valence-electron chi connectivity index (χ2n) is 6.35. The van der Waals surface area contributed by atoms with Crippen molar-refractivity contribution in [2.75, 3.05) is 31.1 Å². The minimum absolute atomic E-state index is 0.254. The molecule has 128 valence electrons. The van der Waals surface area contributed by atoms with Gasteiger partial charge in [-0.15, -0.1) is 0 Å². The third kappa shape index (κ3) is 4.13. The molecule has 6 nitrogen and oxygen atoms in total. The van der Waals surface area contributed by atoms with E-state index >= 15 is 0 Å². The van der Waals surface area contributed by atoms with E-state index in [0.717, 1.165) is 50.5 Å². The van der Waals surface area contributed by atoms with E-state index in [9.17, 15) is 4.79 Å². The van der Waals surface area contributed by atoms with Crippen LogP contribution < -0.4 is 4.90 Å². The summed E-state index contributed by atoms with van der Waals surface area (Å²) in [6, 6.07) is 6.15. The Hall–Kier alpha value is -2.37. The van der Waals surface area contributed by atoms with Crippen molar-refractivity contribution in [3.63, 3.8) is 0 Å². The van der Waals surface area contributed by atoms with Gasteiger partial charge in [0.1, 0.15) is 0 Å². The molecule has 3 heterocycles. The summed E-state index contributed by atoms with van der Waals surface area (Å²) < 4.78 is 1.87. The SMILES string of the molecule is Cc1cc(N2CCN(C(=O)CCCn3cccn3)CC2)cc(C)n1. The Morgan fingerprint density at radius 1 is 1.12 bits per heavy atom. The molecule has 0 aliphatic carbocycles. The lowest BCUT2D eigenvalue weighted by Crippen LogP contribution is -2.48. The van der Waals surface area contributed by atoms with Gasteiger partial charge in [-0.3, -0.25) is 14.5 Å². The fraction of sp³-hybridized carbons (Fsp3) is 0.500. The predicted molar refractivity (Wildman–Crippen MR) is 94.0 cm³/mol. The first-order chi connectivity index (χ1) is 11.6. The smallest absolute Gasteiger partial charge is 0.222 e. The van der Waals surface area contributed by atoms with Crippen molar-refractivity contribution < 1.29 is 4.79 Å². The van der Waals surface area contributed by atoms with Crippen molar-refractivity contribution >= 4 is 11.6 Å². The lowest BCUT2D eigenvalue weighted by molar-refractivity contribution is -0.131. The zero-order valence-electron chi connectivity index (χ0n) is 14.5. The molecule has 0 bridgehead atoms. The maximum atomic E-state index is 12.3. The van der Waals surface area contributed by atoms with Crippen LogP contribution in [-0.2, 0) is 11.3 Å². The first kappa shape index (κ1) is 16.5. The van der Waals surface area contributed by atoms with Crippen molar-refractivity contribution in [3.05, 3.63) is 42.0 Å². The number of amides is 1. The highest BCUT2D eigenvalue weighted by Gasteiger charge is 2.21. The predicted octanol–water partition coefficient (Wildman–Crippen LogP) is 2.02. The molecule has 24 heavy (non-hydrogen) atoms. The molecule has 1 fully saturated rings. The number of hydrogen-bond donors (Lipinski definition) is 0. The molecule has 3 rings (SSSR count). The Bertz CT molecular complexity index is 654. The van der Waals surface area contributed by atoms with Crippen LogP contribution in [0.3, 0.4) is 0 Å². The van der Waals surface area contributed by atoms with Gasteiger partial charge in [0, 0.05) is 68.6 Å². The van der Waals surface area contributed by atoms with Gasteiger partial charge in [0.15, 0.2) is 0 Å². The zero-order chi connectivity index (χ0) is 16.9. The fourth-order valence-electron chi connectivity index (χ4n) is 3.19. The van der Waals surface area contributed by atoms with Crippen molar-refractivity contribution in [2.45, 2.75) is 33.2 Å². The van der Waals surface area contributed by atoms with Crippen LogP contribution >= 0.6 is 0 Å². The summed E-state index contributed by atoms with van der Waals surface area (Å²) in [7, 11) is 0. The molecule has 0 radical (unpaired) electrons. The van der Waals surface area contributed by atoms with Gasteiger partial charge in [0.25, 0.3) is 0 Å². The van der Waals surface area contributed by atoms with Crippen LogP contribution in [0.15, 0.2) is 30.6 Å². The number of anilines is 1. The minimum Gasteiger partial charge on any atom is -0.368 e. The van der Waals surface area contributed by atoms with E-state index in [1.807, 2.05) is 35.7 Å². The Kier molecular flexibility index (Phi) is 5.13. The van der Waals surface area contributed by atoms with Gasteiger partial charge in [0.05, 0.1) is 0 Å². The average molecular weight is 327 g/mol. The lowest BCUT2D eigenvalue weighted by Gasteiger charge is -2.36. The Labute approximate surface area is 143 Å². The number of carbonyl (C=O) groups is 1. The number of aromatic nitrogens is 3. The number of pyridine rings is 1. The standard InChI is InChI=1S/C18H25N5O/c1-15-13-17(14-16(2)20-15)21-9-11-22(12-10-21)18(24)5-3-7-23-8-4-6-19-23/h4,6,8,13-14H,3,5,7,9-12H2,1-2H3. The van der Waals surface area contributed by atoms with Gasteiger partial charge in [-0.05, 0) is 38.5 Å². The Balaban J connectivity index is 1.46. The number of rotatable bonds is 5. The second-order valence-corrected chi connectivity index (χ2v) is 6.35. The molecule has 1 saturated heterocycles. The highest BCUT2D eigenvalue weighted by atomic mass is 16.2. The molecular weight excluding hydrogens is 302 g/mol. The fourth-order valence-corrected chi connectivity index (χ4v) is 3.19. The van der Waals surface area contributed by atoms with E-state index in [1.54, 1.807) is 6.20 Å². The number of hydrogen-bond acceptors (Lipinski definition) is 4. The molecule has 1 aliphatic rings. The maximum absolute atomic E-state index is 12.3. The highest BCUT2D eigenvalue weighted by Crippen LogP contribution is 2.18. The first-order valence-corrected chi connectivity index (χ1v) is 8.57. The molecule has 1 aliphatic heterocycles. The van der Waals surface area contributed by atoms with Crippen LogP contribution in [0.25, 0.3) is 0 Å². The summed E-state index contributed by atoms with van der Waals surface area (Å²) in [5.41, 5.74) is 3.30. The monoisotopic (exact) mass is 327 g/mol. The molecule has 0 aromatic carbocycles. The van der Waals surface area contributed by atoms with Gasteiger partial charge >= 0.3 is 0 Å². The third-order valence-corrected chi connectivity index (χ3v) is 4.40. The van der Waals surface area contributed by atoms with Crippen LogP contribution in [0.2, 0.25) is 0 Å². The molecule has 0 atom stereocenters. The second kappa shape index (κ2) is 7.47. The molecule has 2 aromatic heterocycles. The summed E-state index contributed by atoms with van der Waals surface area (Å²) in [5, 5.41) is 4.16. The van der Waals surface area contributed by atoms with Crippen molar-refractivity contribution in [1.29, 1.82) is 0 Å². The third-order valence-electron chi connectivity index (χ3n) is 4.40. The van der Waals surface area contributed by atoms with Crippen LogP contribution in [0.5, 0.6) is 0 Å². The largest absolute Gasteiger partial charge is 0.368 e. The Morgan fingerprint density at radius 2 is 1.83 bits per heavy atom. The molecule has 6 heteroatoms. The summed E-state index contributed by atoms with van der Waals surface area (Å²) in [5.74, 6) is 0.254. The number of nitrogens with zero attached hydrogens (tertiary/aromatic N) is 5. The van der Waals surface area contributed by atoms with Crippen molar-refractivity contribution in [1.82, 2.24) is 19.7 Å². The van der Waals surface area contributed by atoms with E-state index in [4.69, 9.17) is 0 Å². The number of aryl methyl sites for hydroxylation is 3. The van der Waals surface area contributed by atoms with Gasteiger partial charge < -0.3 is 9.80 Å². The van der Waals surface area contributed by atoms with Gasteiger partial charge in [-0.25, -0.2) is 0 Å². The highest BCUT2D eigenvalue weighted by molar-refractivity contribution is 5.76. The summed E-state index contributed by atoms with van der Waals surface area (Å²) >= 11 is 0. The molecule has 0 spiro atoms. The van der Waals surface area contributed by atoms with Crippen LogP contribution in [0, 0.1) is 13.8 Å². The Morgan fingerprint density at radius 3 is 2.46 bits per heavy atom. The summed E-state index contributed by atoms with van der Waals surface area (Å²) in [4.78, 5) is 21.1. The summed E-state index contributed by atoms with van der Waals surface area (Å²) in [6.45, 7) is 8.20. The van der Waals surface area contributed by atoms with E-state index in [0.29, 0.717) is 6.42 Å². The quantitative estimate of drug-likeness (QED) is 0.843. The van der Waals surface area contributed by atoms with Crippen molar-refractivity contribution in [3.8, 4) is 0 Å². The normalized spacial score (nSPS) is 14.9. The topological polar surface area (TPSA) is 54.3 Å².